The second-order valence-corrected chi connectivity index (χ2v) is 4.99. The fourth-order valence-corrected chi connectivity index (χ4v) is 2.62. The lowest BCUT2D eigenvalue weighted by molar-refractivity contribution is 0.00353. The van der Waals surface area contributed by atoms with E-state index in [1.54, 1.807) is 13.1 Å². The van der Waals surface area contributed by atoms with Crippen LogP contribution in [-0.2, 0) is 9.47 Å². The molecule has 0 amide bonds. The summed E-state index contributed by atoms with van der Waals surface area (Å²) >= 11 is 0. The Hall–Kier alpha value is -2.19. The van der Waals surface area contributed by atoms with E-state index in [1.165, 1.54) is 6.20 Å². The maximum Gasteiger partial charge on any atom is 0.341 e. The molecule has 0 radical (unpaired) electrons. The highest BCUT2D eigenvalue weighted by Gasteiger charge is 2.27. The Bertz CT molecular complexity index is 672. The summed E-state index contributed by atoms with van der Waals surface area (Å²) in [5, 5.41) is 16.9. The molecule has 22 heavy (non-hydrogen) atoms. The van der Waals surface area contributed by atoms with Crippen molar-refractivity contribution in [2.45, 2.75) is 13.0 Å². The van der Waals surface area contributed by atoms with Crippen LogP contribution in [0.1, 0.15) is 17.3 Å². The molecule has 2 aromatic heterocycles. The number of aromatic amines is 1. The molecule has 0 aliphatic carbocycles. The Balaban J connectivity index is 2.06. The van der Waals surface area contributed by atoms with Gasteiger partial charge in [0.1, 0.15) is 5.56 Å². The van der Waals surface area contributed by atoms with Crippen molar-refractivity contribution in [3.8, 4) is 0 Å². The van der Waals surface area contributed by atoms with Crippen molar-refractivity contribution < 1.29 is 19.4 Å². The maximum absolute atomic E-state index is 12.2. The van der Waals surface area contributed by atoms with Crippen LogP contribution in [0.25, 0.3) is 11.0 Å². The van der Waals surface area contributed by atoms with Gasteiger partial charge in [-0.15, -0.1) is 0 Å². The quantitative estimate of drug-likeness (QED) is 0.785. The highest BCUT2D eigenvalue weighted by molar-refractivity contribution is 6.04. The molecule has 118 valence electrons. The minimum Gasteiger partial charge on any atom is -0.462 e. The first-order chi connectivity index (χ1) is 10.7. The van der Waals surface area contributed by atoms with Crippen LogP contribution >= 0.6 is 0 Å². The van der Waals surface area contributed by atoms with Crippen molar-refractivity contribution in [2.24, 2.45) is 0 Å². The molecular weight excluding hydrogens is 288 g/mol. The molecule has 3 heterocycles. The first-order valence-electron chi connectivity index (χ1n) is 7.21. The highest BCUT2D eigenvalue weighted by Crippen LogP contribution is 2.30. The molecule has 2 aromatic rings. The van der Waals surface area contributed by atoms with Gasteiger partial charge in [0.15, 0.2) is 5.65 Å². The number of aliphatic hydroxyl groups excluding tert-OH is 1. The van der Waals surface area contributed by atoms with E-state index in [1.807, 2.05) is 4.90 Å². The van der Waals surface area contributed by atoms with Gasteiger partial charge in [-0.2, -0.15) is 5.10 Å². The fourth-order valence-electron chi connectivity index (χ4n) is 2.62. The molecule has 8 heteroatoms. The van der Waals surface area contributed by atoms with Gasteiger partial charge in [0.2, 0.25) is 0 Å². The number of anilines is 1. The summed E-state index contributed by atoms with van der Waals surface area (Å²) in [6.07, 6.45) is 2.86. The van der Waals surface area contributed by atoms with Crippen LogP contribution in [0, 0.1) is 0 Å². The number of carbonyl (C=O) groups excluding carboxylic acids is 1. The molecule has 1 saturated heterocycles. The van der Waals surface area contributed by atoms with E-state index in [4.69, 9.17) is 9.47 Å². The third-order valence-corrected chi connectivity index (χ3v) is 3.61. The van der Waals surface area contributed by atoms with E-state index in [-0.39, 0.29) is 12.7 Å². The van der Waals surface area contributed by atoms with Crippen LogP contribution in [0.3, 0.4) is 0 Å². The van der Waals surface area contributed by atoms with Gasteiger partial charge in [0, 0.05) is 19.3 Å². The summed E-state index contributed by atoms with van der Waals surface area (Å²) in [4.78, 5) is 18.4. The zero-order valence-corrected chi connectivity index (χ0v) is 12.3. The van der Waals surface area contributed by atoms with Crippen molar-refractivity contribution in [3.63, 3.8) is 0 Å². The molecule has 1 aliphatic heterocycles. The molecule has 3 rings (SSSR count). The smallest absolute Gasteiger partial charge is 0.341 e. The van der Waals surface area contributed by atoms with Gasteiger partial charge in [-0.1, -0.05) is 0 Å². The summed E-state index contributed by atoms with van der Waals surface area (Å²) in [6.45, 7) is 3.59. The minimum absolute atomic E-state index is 0.0646. The van der Waals surface area contributed by atoms with E-state index < -0.39 is 5.97 Å². The lowest BCUT2D eigenvalue weighted by Gasteiger charge is -2.34. The van der Waals surface area contributed by atoms with Crippen molar-refractivity contribution in [1.29, 1.82) is 0 Å². The Kier molecular flexibility index (Phi) is 4.21. The van der Waals surface area contributed by atoms with E-state index in [0.29, 0.717) is 37.5 Å². The molecule has 2 N–H and O–H groups in total. The number of aliphatic hydroxyl groups is 1. The van der Waals surface area contributed by atoms with Gasteiger partial charge in [-0.05, 0) is 6.92 Å². The van der Waals surface area contributed by atoms with Crippen LogP contribution in [-0.4, -0.2) is 65.3 Å². The number of ether oxygens (including phenoxy) is 2. The topological polar surface area (TPSA) is 101 Å². The molecular formula is C14H18N4O4. The summed E-state index contributed by atoms with van der Waals surface area (Å²) in [6, 6.07) is 0. The number of nitrogens with zero attached hydrogens (tertiary/aromatic N) is 3. The van der Waals surface area contributed by atoms with Crippen LogP contribution in [0.4, 0.5) is 5.69 Å². The zero-order valence-electron chi connectivity index (χ0n) is 12.3. The highest BCUT2D eigenvalue weighted by atomic mass is 16.5. The van der Waals surface area contributed by atoms with Crippen molar-refractivity contribution >= 4 is 22.7 Å². The van der Waals surface area contributed by atoms with E-state index in [9.17, 15) is 9.90 Å². The number of fused-ring (bicyclic) bond motifs is 1. The lowest BCUT2D eigenvalue weighted by atomic mass is 10.1. The molecule has 1 fully saturated rings. The summed E-state index contributed by atoms with van der Waals surface area (Å²) in [7, 11) is 0. The van der Waals surface area contributed by atoms with Gasteiger partial charge in [-0.25, -0.2) is 9.78 Å². The minimum atomic E-state index is -0.417. The Morgan fingerprint density at radius 2 is 2.45 bits per heavy atom. The molecule has 0 aromatic carbocycles. The lowest BCUT2D eigenvalue weighted by Crippen LogP contribution is -2.44. The molecule has 0 unspecified atom stereocenters. The molecule has 0 saturated carbocycles. The van der Waals surface area contributed by atoms with Crippen molar-refractivity contribution in [3.05, 3.63) is 18.0 Å². The maximum atomic E-state index is 12.2. The molecule has 1 atom stereocenters. The average Bonchev–Trinajstić information content (AvgIpc) is 3.02. The Labute approximate surface area is 127 Å². The number of rotatable bonds is 4. The first kappa shape index (κ1) is 14.7. The second kappa shape index (κ2) is 6.29. The van der Waals surface area contributed by atoms with Crippen LogP contribution in [0.15, 0.2) is 12.4 Å². The van der Waals surface area contributed by atoms with Gasteiger partial charge < -0.3 is 19.5 Å². The number of aromatic nitrogens is 3. The summed E-state index contributed by atoms with van der Waals surface area (Å²) in [5.74, 6) is -0.417. The van der Waals surface area contributed by atoms with Crippen LogP contribution in [0.2, 0.25) is 0 Å². The van der Waals surface area contributed by atoms with E-state index in [2.05, 4.69) is 15.2 Å². The number of morpholine rings is 1. The number of carbonyl (C=O) groups is 1. The van der Waals surface area contributed by atoms with E-state index in [0.717, 1.165) is 11.1 Å². The van der Waals surface area contributed by atoms with Gasteiger partial charge in [0.05, 0.1) is 43.2 Å². The third kappa shape index (κ3) is 2.62. The van der Waals surface area contributed by atoms with Crippen LogP contribution < -0.4 is 4.90 Å². The first-order valence-corrected chi connectivity index (χ1v) is 7.21. The predicted octanol–water partition coefficient (Wildman–Crippen LogP) is 0.332. The average molecular weight is 306 g/mol. The molecule has 8 nitrogen and oxygen atoms in total. The number of hydrogen-bond donors (Lipinski definition) is 2. The third-order valence-electron chi connectivity index (χ3n) is 3.61. The Morgan fingerprint density at radius 3 is 3.23 bits per heavy atom. The van der Waals surface area contributed by atoms with Gasteiger partial charge in [0.25, 0.3) is 0 Å². The standard InChI is InChI=1S/C14H18N4O4/c1-2-21-14(20)11-5-15-13-10(6-16-17-13)12(11)18-3-4-22-9(7-18)8-19/h5-6,9,19H,2-4,7-8H2,1H3,(H,15,16,17)/t9-/m1/s1. The van der Waals surface area contributed by atoms with Crippen LogP contribution in [0.5, 0.6) is 0 Å². The van der Waals surface area contributed by atoms with Crippen molar-refractivity contribution in [2.75, 3.05) is 37.8 Å². The van der Waals surface area contributed by atoms with Crippen molar-refractivity contribution in [1.82, 2.24) is 15.2 Å². The number of hydrogen-bond acceptors (Lipinski definition) is 7. The largest absolute Gasteiger partial charge is 0.462 e. The molecule has 0 spiro atoms. The van der Waals surface area contributed by atoms with E-state index >= 15 is 0 Å². The number of H-pyrrole nitrogens is 1. The number of nitrogens with one attached hydrogen (secondary N) is 1. The number of pyridine rings is 1. The SMILES string of the molecule is CCOC(=O)c1cnc2[nH]ncc2c1N1CCO[C@@H](CO)C1. The second-order valence-electron chi connectivity index (χ2n) is 4.99. The monoisotopic (exact) mass is 306 g/mol. The predicted molar refractivity (Wildman–Crippen MR) is 78.9 cm³/mol. The number of esters is 1. The van der Waals surface area contributed by atoms with Gasteiger partial charge in [-0.3, -0.25) is 5.10 Å². The summed E-state index contributed by atoms with van der Waals surface area (Å²) in [5.41, 5.74) is 1.73. The fraction of sp³-hybridized carbons (Fsp3) is 0.500. The normalized spacial score (nSPS) is 18.6. The van der Waals surface area contributed by atoms with Gasteiger partial charge >= 0.3 is 5.97 Å². The zero-order chi connectivity index (χ0) is 15.5. The molecule has 1 aliphatic rings. The summed E-state index contributed by atoms with van der Waals surface area (Å²) < 4.78 is 10.6. The Morgan fingerprint density at radius 1 is 1.59 bits per heavy atom. The molecule has 0 bridgehead atoms.